The Labute approximate surface area is 161 Å². The van der Waals surface area contributed by atoms with Crippen molar-refractivity contribution in [3.05, 3.63) is 40.4 Å². The summed E-state index contributed by atoms with van der Waals surface area (Å²) in [7, 11) is 0. The molecule has 26 heavy (non-hydrogen) atoms. The van der Waals surface area contributed by atoms with E-state index in [0.29, 0.717) is 23.4 Å². The average Bonchev–Trinajstić information content (AvgIpc) is 2.51. The number of carbonyl (C=O) groups is 2. The smallest absolute Gasteiger partial charge is 0.411 e. The van der Waals surface area contributed by atoms with Crippen molar-refractivity contribution < 1.29 is 14.3 Å². The van der Waals surface area contributed by atoms with Gasteiger partial charge in [0.15, 0.2) is 5.78 Å². The second kappa shape index (κ2) is 7.83. The molecule has 0 N–H and O–H groups in total. The Morgan fingerprint density at radius 3 is 2.46 bits per heavy atom. The van der Waals surface area contributed by atoms with Crippen LogP contribution in [0.2, 0.25) is 5.02 Å². The van der Waals surface area contributed by atoms with Gasteiger partial charge in [0, 0.05) is 23.0 Å². The van der Waals surface area contributed by atoms with Gasteiger partial charge >= 0.3 is 6.09 Å². The van der Waals surface area contributed by atoms with Crippen LogP contribution in [-0.2, 0) is 4.74 Å². The largest absolute Gasteiger partial charge is 0.444 e. The SMILES string of the molecule is CCC(=O)c1cc(Cl)ccc1C1=CC(C)N(C(=O)OC(C)(C)C)C(C)C1. The third-order valence-corrected chi connectivity index (χ3v) is 4.66. The van der Waals surface area contributed by atoms with Gasteiger partial charge in [0.2, 0.25) is 0 Å². The Balaban J connectivity index is 2.36. The summed E-state index contributed by atoms with van der Waals surface area (Å²) in [4.78, 5) is 26.7. The Hall–Kier alpha value is -1.81. The first-order valence-corrected chi connectivity index (χ1v) is 9.46. The lowest BCUT2D eigenvalue weighted by Gasteiger charge is -2.39. The van der Waals surface area contributed by atoms with Crippen molar-refractivity contribution in [1.82, 2.24) is 4.90 Å². The molecule has 142 valence electrons. The average molecular weight is 378 g/mol. The highest BCUT2D eigenvalue weighted by atomic mass is 35.5. The summed E-state index contributed by atoms with van der Waals surface area (Å²) in [6.07, 6.45) is 2.82. The van der Waals surface area contributed by atoms with Gasteiger partial charge in [0.05, 0.1) is 6.04 Å². The van der Waals surface area contributed by atoms with Crippen LogP contribution in [0, 0.1) is 0 Å². The van der Waals surface area contributed by atoms with E-state index in [0.717, 1.165) is 11.1 Å². The van der Waals surface area contributed by atoms with Gasteiger partial charge < -0.3 is 4.74 Å². The van der Waals surface area contributed by atoms with Crippen LogP contribution < -0.4 is 0 Å². The van der Waals surface area contributed by atoms with Crippen LogP contribution >= 0.6 is 11.6 Å². The first kappa shape index (κ1) is 20.5. The van der Waals surface area contributed by atoms with E-state index < -0.39 is 5.60 Å². The van der Waals surface area contributed by atoms with E-state index in [1.54, 1.807) is 17.0 Å². The zero-order valence-electron chi connectivity index (χ0n) is 16.4. The Morgan fingerprint density at radius 1 is 1.27 bits per heavy atom. The molecule has 0 radical (unpaired) electrons. The van der Waals surface area contributed by atoms with Crippen molar-refractivity contribution in [2.24, 2.45) is 0 Å². The summed E-state index contributed by atoms with van der Waals surface area (Å²) in [5, 5.41) is 0.554. The molecule has 0 spiro atoms. The Kier molecular flexibility index (Phi) is 6.17. The Bertz CT molecular complexity index is 733. The summed E-state index contributed by atoms with van der Waals surface area (Å²) in [6, 6.07) is 5.29. The molecule has 0 saturated heterocycles. The number of nitrogens with zero attached hydrogens (tertiary/aromatic N) is 1. The summed E-state index contributed by atoms with van der Waals surface area (Å²) < 4.78 is 5.54. The summed E-state index contributed by atoms with van der Waals surface area (Å²) >= 11 is 6.10. The minimum atomic E-state index is -0.530. The molecule has 1 aromatic rings. The third-order valence-electron chi connectivity index (χ3n) is 4.42. The number of ketones is 1. The van der Waals surface area contributed by atoms with E-state index >= 15 is 0 Å². The molecule has 0 saturated carbocycles. The van der Waals surface area contributed by atoms with Crippen LogP contribution in [0.5, 0.6) is 0 Å². The van der Waals surface area contributed by atoms with Crippen LogP contribution in [0.1, 0.15) is 70.3 Å². The molecular formula is C21H28ClNO3. The van der Waals surface area contributed by atoms with Crippen LogP contribution in [0.3, 0.4) is 0 Å². The summed E-state index contributed by atoms with van der Waals surface area (Å²) in [6.45, 7) is 11.4. The predicted octanol–water partition coefficient (Wildman–Crippen LogP) is 5.73. The molecule has 1 heterocycles. The zero-order chi connectivity index (χ0) is 19.6. The lowest BCUT2D eigenvalue weighted by atomic mass is 9.88. The zero-order valence-corrected chi connectivity index (χ0v) is 17.2. The normalized spacial score (nSPS) is 20.6. The minimum Gasteiger partial charge on any atom is -0.444 e. The number of hydrogen-bond donors (Lipinski definition) is 0. The third kappa shape index (κ3) is 4.67. The lowest BCUT2D eigenvalue weighted by Crippen LogP contribution is -2.48. The first-order valence-electron chi connectivity index (χ1n) is 9.08. The number of Topliss-reactive ketones (excluding diaryl/α,β-unsaturated/α-hetero) is 1. The predicted molar refractivity (Wildman–Crippen MR) is 106 cm³/mol. The fraction of sp³-hybridized carbons (Fsp3) is 0.524. The second-order valence-electron chi connectivity index (χ2n) is 7.84. The number of halogens is 1. The van der Waals surface area contributed by atoms with Crippen molar-refractivity contribution >= 4 is 29.1 Å². The topological polar surface area (TPSA) is 46.6 Å². The summed E-state index contributed by atoms with van der Waals surface area (Å²) in [5.41, 5.74) is 2.09. The molecule has 1 amide bonds. The molecule has 0 aromatic heterocycles. The van der Waals surface area contributed by atoms with Crippen LogP contribution in [-0.4, -0.2) is 34.5 Å². The monoisotopic (exact) mass is 377 g/mol. The summed E-state index contributed by atoms with van der Waals surface area (Å²) in [5.74, 6) is 0.0679. The number of benzene rings is 1. The molecule has 0 fully saturated rings. The van der Waals surface area contributed by atoms with Gasteiger partial charge in [-0.25, -0.2) is 4.79 Å². The molecule has 1 aliphatic rings. The molecule has 2 atom stereocenters. The number of ether oxygens (including phenoxy) is 1. The maximum atomic E-state index is 12.5. The molecule has 4 nitrogen and oxygen atoms in total. The van der Waals surface area contributed by atoms with Crippen molar-refractivity contribution in [2.75, 3.05) is 0 Å². The number of hydrogen-bond acceptors (Lipinski definition) is 3. The van der Waals surface area contributed by atoms with Crippen molar-refractivity contribution in [3.63, 3.8) is 0 Å². The maximum Gasteiger partial charge on any atom is 0.411 e. The van der Waals surface area contributed by atoms with Gasteiger partial charge in [-0.05, 0) is 64.3 Å². The molecule has 1 aromatic carbocycles. The van der Waals surface area contributed by atoms with E-state index in [2.05, 4.69) is 0 Å². The van der Waals surface area contributed by atoms with Crippen LogP contribution in [0.25, 0.3) is 5.57 Å². The molecule has 5 heteroatoms. The highest BCUT2D eigenvalue weighted by Crippen LogP contribution is 2.33. The van der Waals surface area contributed by atoms with Gasteiger partial charge in [-0.1, -0.05) is 30.7 Å². The molecule has 0 bridgehead atoms. The highest BCUT2D eigenvalue weighted by molar-refractivity contribution is 6.31. The van der Waals surface area contributed by atoms with E-state index in [9.17, 15) is 9.59 Å². The lowest BCUT2D eigenvalue weighted by molar-refractivity contribution is 0.0122. The first-order chi connectivity index (χ1) is 12.0. The molecule has 1 aliphatic heterocycles. The Morgan fingerprint density at radius 2 is 1.92 bits per heavy atom. The quantitative estimate of drug-likeness (QED) is 0.631. The van der Waals surface area contributed by atoms with Crippen LogP contribution in [0.15, 0.2) is 24.3 Å². The van der Waals surface area contributed by atoms with Crippen molar-refractivity contribution in [2.45, 2.75) is 72.1 Å². The second-order valence-corrected chi connectivity index (χ2v) is 8.28. The number of carbonyl (C=O) groups excluding carboxylic acids is 2. The van der Waals surface area contributed by atoms with E-state index in [-0.39, 0.29) is 24.0 Å². The number of amides is 1. The highest BCUT2D eigenvalue weighted by Gasteiger charge is 2.33. The number of rotatable bonds is 3. The van der Waals surface area contributed by atoms with Gasteiger partial charge in [0.25, 0.3) is 0 Å². The van der Waals surface area contributed by atoms with Crippen molar-refractivity contribution in [1.29, 1.82) is 0 Å². The van der Waals surface area contributed by atoms with E-state index in [4.69, 9.17) is 16.3 Å². The van der Waals surface area contributed by atoms with Gasteiger partial charge in [-0.2, -0.15) is 0 Å². The van der Waals surface area contributed by atoms with E-state index in [1.165, 1.54) is 0 Å². The molecule has 2 rings (SSSR count). The molecular weight excluding hydrogens is 350 g/mol. The fourth-order valence-corrected chi connectivity index (χ4v) is 3.51. The van der Waals surface area contributed by atoms with Gasteiger partial charge in [-0.3, -0.25) is 9.69 Å². The minimum absolute atomic E-state index is 0.0277. The molecule has 0 aliphatic carbocycles. The van der Waals surface area contributed by atoms with Crippen molar-refractivity contribution in [3.8, 4) is 0 Å². The molecule has 2 unspecified atom stereocenters. The standard InChI is InChI=1S/C21H28ClNO3/c1-7-19(24)18-12-16(22)8-9-17(18)15-10-13(2)23(14(3)11-15)20(25)26-21(4,5)6/h8-10,12-14H,7,11H2,1-6H3. The fourth-order valence-electron chi connectivity index (χ4n) is 3.34. The van der Waals surface area contributed by atoms with Crippen LogP contribution in [0.4, 0.5) is 4.79 Å². The van der Waals surface area contributed by atoms with Gasteiger partial charge in [0.1, 0.15) is 5.60 Å². The van der Waals surface area contributed by atoms with E-state index in [1.807, 2.05) is 53.7 Å². The van der Waals surface area contributed by atoms with Gasteiger partial charge in [-0.15, -0.1) is 0 Å². The maximum absolute atomic E-state index is 12.5.